The number of rotatable bonds is 3. The molecule has 1 heterocycles. The highest BCUT2D eigenvalue weighted by molar-refractivity contribution is 5.39. The van der Waals surface area contributed by atoms with Gasteiger partial charge in [-0.3, -0.25) is 10.1 Å². The Morgan fingerprint density at radius 2 is 2.17 bits per heavy atom. The van der Waals surface area contributed by atoms with Crippen LogP contribution < -0.4 is 4.74 Å². The molecular weight excluding hydrogens is 241 g/mol. The number of aromatic nitrogens is 2. The summed E-state index contributed by atoms with van der Waals surface area (Å²) >= 11 is 0. The van der Waals surface area contributed by atoms with E-state index in [1.165, 1.54) is 16.8 Å². The van der Waals surface area contributed by atoms with Gasteiger partial charge in [0.1, 0.15) is 0 Å². The van der Waals surface area contributed by atoms with E-state index in [0.29, 0.717) is 5.88 Å². The first kappa shape index (κ1) is 12.0. The maximum atomic E-state index is 13.6. The average molecular weight is 251 g/mol. The molecule has 0 spiro atoms. The number of ether oxygens (including phenoxy) is 1. The van der Waals surface area contributed by atoms with Crippen LogP contribution in [-0.4, -0.2) is 14.7 Å². The van der Waals surface area contributed by atoms with E-state index in [2.05, 4.69) is 5.10 Å². The first-order chi connectivity index (χ1) is 8.47. The van der Waals surface area contributed by atoms with Gasteiger partial charge in [-0.1, -0.05) is 0 Å². The molecule has 0 atom stereocenters. The molecule has 0 aliphatic carbocycles. The summed E-state index contributed by atoms with van der Waals surface area (Å²) in [5.41, 5.74) is 0.413. The zero-order valence-electron chi connectivity index (χ0n) is 9.75. The molecule has 94 valence electrons. The molecule has 0 aliphatic heterocycles. The molecule has 1 aromatic heterocycles. The van der Waals surface area contributed by atoms with E-state index in [0.717, 1.165) is 11.8 Å². The Hall–Kier alpha value is -2.44. The van der Waals surface area contributed by atoms with Gasteiger partial charge in [0.2, 0.25) is 5.88 Å². The van der Waals surface area contributed by atoms with Gasteiger partial charge in [0.25, 0.3) is 5.69 Å². The van der Waals surface area contributed by atoms with Crippen LogP contribution in [0.5, 0.6) is 11.6 Å². The van der Waals surface area contributed by atoms with Crippen LogP contribution in [0.1, 0.15) is 5.69 Å². The molecule has 0 amide bonds. The van der Waals surface area contributed by atoms with Crippen molar-refractivity contribution in [3.63, 3.8) is 0 Å². The molecule has 0 aliphatic rings. The molecular formula is C11H10FN3O3. The van der Waals surface area contributed by atoms with E-state index in [1.807, 2.05) is 0 Å². The lowest BCUT2D eigenvalue weighted by Gasteiger charge is -2.05. The summed E-state index contributed by atoms with van der Waals surface area (Å²) in [7, 11) is 1.66. The van der Waals surface area contributed by atoms with Crippen LogP contribution in [-0.2, 0) is 7.05 Å². The van der Waals surface area contributed by atoms with Crippen LogP contribution in [0, 0.1) is 22.9 Å². The molecule has 7 heteroatoms. The number of aryl methyl sites for hydroxylation is 2. The summed E-state index contributed by atoms with van der Waals surface area (Å²) in [5.74, 6) is -0.507. The van der Waals surface area contributed by atoms with Crippen LogP contribution in [0.3, 0.4) is 0 Å². The summed E-state index contributed by atoms with van der Waals surface area (Å²) in [5, 5.41) is 14.5. The molecule has 0 saturated carbocycles. The first-order valence-corrected chi connectivity index (χ1v) is 5.10. The van der Waals surface area contributed by atoms with Crippen molar-refractivity contribution in [3.05, 3.63) is 45.9 Å². The van der Waals surface area contributed by atoms with Gasteiger partial charge in [0.15, 0.2) is 11.6 Å². The fraction of sp³-hybridized carbons (Fsp3) is 0.182. The Kier molecular flexibility index (Phi) is 2.97. The van der Waals surface area contributed by atoms with Gasteiger partial charge < -0.3 is 4.74 Å². The van der Waals surface area contributed by atoms with Crippen molar-refractivity contribution in [2.24, 2.45) is 7.05 Å². The maximum Gasteiger partial charge on any atom is 0.272 e. The average Bonchev–Trinajstić information content (AvgIpc) is 2.60. The Morgan fingerprint density at radius 1 is 1.44 bits per heavy atom. The van der Waals surface area contributed by atoms with Crippen molar-refractivity contribution < 1.29 is 14.1 Å². The van der Waals surface area contributed by atoms with Crippen LogP contribution in [0.4, 0.5) is 10.1 Å². The fourth-order valence-corrected chi connectivity index (χ4v) is 1.48. The smallest absolute Gasteiger partial charge is 0.272 e. The quantitative estimate of drug-likeness (QED) is 0.621. The summed E-state index contributed by atoms with van der Waals surface area (Å²) < 4.78 is 20.3. The van der Waals surface area contributed by atoms with Crippen molar-refractivity contribution in [1.29, 1.82) is 0 Å². The third kappa shape index (κ3) is 2.29. The Balaban J connectivity index is 2.30. The minimum atomic E-state index is -0.789. The van der Waals surface area contributed by atoms with Gasteiger partial charge in [-0.15, -0.1) is 0 Å². The monoisotopic (exact) mass is 251 g/mol. The number of hydrogen-bond donors (Lipinski definition) is 0. The van der Waals surface area contributed by atoms with Gasteiger partial charge in [-0.05, 0) is 13.0 Å². The van der Waals surface area contributed by atoms with Gasteiger partial charge in [-0.25, -0.2) is 9.07 Å². The van der Waals surface area contributed by atoms with Gasteiger partial charge in [0, 0.05) is 19.2 Å². The zero-order chi connectivity index (χ0) is 13.3. The lowest BCUT2D eigenvalue weighted by atomic mass is 10.3. The minimum Gasteiger partial charge on any atom is -0.436 e. The number of hydrogen-bond acceptors (Lipinski definition) is 4. The number of non-ortho nitro benzene ring substituents is 1. The minimum absolute atomic E-state index is 0.0800. The highest BCUT2D eigenvalue weighted by atomic mass is 19.1. The SMILES string of the molecule is Cc1cc(Oc2ccc([N+](=O)[O-])cc2F)n(C)n1. The first-order valence-electron chi connectivity index (χ1n) is 5.10. The van der Waals surface area contributed by atoms with E-state index < -0.39 is 10.7 Å². The second kappa shape index (κ2) is 4.44. The summed E-state index contributed by atoms with van der Waals surface area (Å²) in [6.07, 6.45) is 0. The molecule has 2 aromatic rings. The Morgan fingerprint density at radius 3 is 2.67 bits per heavy atom. The molecule has 18 heavy (non-hydrogen) atoms. The van der Waals surface area contributed by atoms with E-state index in [-0.39, 0.29) is 11.4 Å². The molecule has 6 nitrogen and oxygen atoms in total. The largest absolute Gasteiger partial charge is 0.436 e. The highest BCUT2D eigenvalue weighted by Gasteiger charge is 2.13. The normalized spacial score (nSPS) is 10.4. The van der Waals surface area contributed by atoms with E-state index in [1.54, 1.807) is 20.0 Å². The van der Waals surface area contributed by atoms with Crippen molar-refractivity contribution >= 4 is 5.69 Å². The molecule has 0 N–H and O–H groups in total. The molecule has 0 saturated heterocycles. The summed E-state index contributed by atoms with van der Waals surface area (Å²) in [6, 6.07) is 4.86. The summed E-state index contributed by atoms with van der Waals surface area (Å²) in [6.45, 7) is 1.78. The van der Waals surface area contributed by atoms with Crippen LogP contribution in [0.15, 0.2) is 24.3 Å². The predicted molar refractivity (Wildman–Crippen MR) is 61.1 cm³/mol. The zero-order valence-corrected chi connectivity index (χ0v) is 9.75. The van der Waals surface area contributed by atoms with Crippen LogP contribution in [0.2, 0.25) is 0 Å². The van der Waals surface area contributed by atoms with Gasteiger partial charge in [-0.2, -0.15) is 5.10 Å². The highest BCUT2D eigenvalue weighted by Crippen LogP contribution is 2.27. The lowest BCUT2D eigenvalue weighted by Crippen LogP contribution is -1.97. The fourth-order valence-electron chi connectivity index (χ4n) is 1.48. The van der Waals surface area contributed by atoms with Crippen molar-refractivity contribution in [1.82, 2.24) is 9.78 Å². The molecule has 1 aromatic carbocycles. The number of benzene rings is 1. The molecule has 0 unspecified atom stereocenters. The molecule has 0 fully saturated rings. The van der Waals surface area contributed by atoms with E-state index in [4.69, 9.17) is 4.74 Å². The van der Waals surface area contributed by atoms with Crippen molar-refractivity contribution in [2.75, 3.05) is 0 Å². The standard InChI is InChI=1S/C11H10FN3O3/c1-7-5-11(14(2)13-7)18-10-4-3-8(15(16)17)6-9(10)12/h3-6H,1-2H3. The number of nitro benzene ring substituents is 1. The second-order valence-corrected chi connectivity index (χ2v) is 3.72. The summed E-state index contributed by atoms with van der Waals surface area (Å²) in [4.78, 5) is 9.80. The predicted octanol–water partition coefficient (Wildman–Crippen LogP) is 2.57. The van der Waals surface area contributed by atoms with Crippen molar-refractivity contribution in [3.8, 4) is 11.6 Å². The van der Waals surface area contributed by atoms with Crippen LogP contribution in [0.25, 0.3) is 0 Å². The van der Waals surface area contributed by atoms with E-state index in [9.17, 15) is 14.5 Å². The third-order valence-corrected chi connectivity index (χ3v) is 2.30. The van der Waals surface area contributed by atoms with E-state index >= 15 is 0 Å². The topological polar surface area (TPSA) is 70.2 Å². The number of nitrogens with zero attached hydrogens (tertiary/aromatic N) is 3. The Bertz CT molecular complexity index is 610. The van der Waals surface area contributed by atoms with Crippen LogP contribution >= 0.6 is 0 Å². The van der Waals surface area contributed by atoms with Gasteiger partial charge >= 0.3 is 0 Å². The maximum absolute atomic E-state index is 13.6. The molecule has 0 bridgehead atoms. The third-order valence-electron chi connectivity index (χ3n) is 2.30. The number of nitro groups is 1. The molecule has 0 radical (unpaired) electrons. The Labute approximate surface area is 102 Å². The molecule has 2 rings (SSSR count). The lowest BCUT2D eigenvalue weighted by molar-refractivity contribution is -0.385. The van der Waals surface area contributed by atoms with Crippen molar-refractivity contribution in [2.45, 2.75) is 6.92 Å². The second-order valence-electron chi connectivity index (χ2n) is 3.72. The number of halogens is 1. The van der Waals surface area contributed by atoms with Gasteiger partial charge in [0.05, 0.1) is 16.7 Å².